The van der Waals surface area contributed by atoms with Crippen LogP contribution in [0.5, 0.6) is 0 Å². The zero-order chi connectivity index (χ0) is 21.4. The molecule has 0 saturated carbocycles. The molecule has 156 valence electrons. The fourth-order valence-corrected chi connectivity index (χ4v) is 4.88. The molecule has 1 aliphatic heterocycles. The Balaban J connectivity index is 2.10. The molecule has 29 heavy (non-hydrogen) atoms. The summed E-state index contributed by atoms with van der Waals surface area (Å²) in [5.41, 5.74) is 15.6. The first-order valence-electron chi connectivity index (χ1n) is 10.1. The molecule has 0 radical (unpaired) electrons. The van der Waals surface area contributed by atoms with Crippen LogP contribution in [0.3, 0.4) is 0 Å². The van der Waals surface area contributed by atoms with Gasteiger partial charge in [-0.3, -0.25) is 0 Å². The summed E-state index contributed by atoms with van der Waals surface area (Å²) in [7, 11) is -1.99. The molecule has 0 spiro atoms. The van der Waals surface area contributed by atoms with E-state index >= 15 is 0 Å². The highest BCUT2D eigenvalue weighted by Crippen LogP contribution is 2.46. The minimum Gasteiger partial charge on any atom is -0.416 e. The molecule has 2 aromatic carbocycles. The molecule has 1 heterocycles. The number of rotatable bonds is 5. The molecule has 0 bridgehead atoms. The van der Waals surface area contributed by atoms with Crippen molar-refractivity contribution in [3.05, 3.63) is 65.7 Å². The molecule has 0 saturated heterocycles. The van der Waals surface area contributed by atoms with E-state index in [-0.39, 0.29) is 11.0 Å². The standard InChI is InChI=1S/C23H32ClN3OSi/c1-22(2,3)29(4,5)28-15-18(16-11-7-6-8-12-16)23(26)17-13-9-10-14-19(17)27-21(24)20(23)25/h6-14,18,20H,15,25-26H2,1-5H3. The average Bonchev–Trinajstić information content (AvgIpc) is 2.66. The first-order valence-corrected chi connectivity index (χ1v) is 13.3. The highest BCUT2D eigenvalue weighted by molar-refractivity contribution is 6.74. The van der Waals surface area contributed by atoms with E-state index in [1.54, 1.807) is 0 Å². The first kappa shape index (κ1) is 22.2. The lowest BCUT2D eigenvalue weighted by Crippen LogP contribution is -2.61. The maximum atomic E-state index is 7.16. The summed E-state index contributed by atoms with van der Waals surface area (Å²) in [5.74, 6) is -0.168. The number of hydrogen-bond acceptors (Lipinski definition) is 4. The predicted octanol–water partition coefficient (Wildman–Crippen LogP) is 5.26. The summed E-state index contributed by atoms with van der Waals surface area (Å²) in [6.45, 7) is 11.7. The molecule has 0 fully saturated rings. The topological polar surface area (TPSA) is 73.6 Å². The van der Waals surface area contributed by atoms with Crippen molar-refractivity contribution < 1.29 is 4.43 Å². The van der Waals surface area contributed by atoms with Gasteiger partial charge in [0.15, 0.2) is 8.32 Å². The van der Waals surface area contributed by atoms with E-state index in [0.717, 1.165) is 16.8 Å². The van der Waals surface area contributed by atoms with Crippen molar-refractivity contribution in [2.75, 3.05) is 6.61 Å². The van der Waals surface area contributed by atoms with Crippen molar-refractivity contribution in [2.45, 2.75) is 56.4 Å². The average molecular weight is 430 g/mol. The number of nitrogens with zero attached hydrogens (tertiary/aromatic N) is 1. The van der Waals surface area contributed by atoms with Gasteiger partial charge in [0.05, 0.1) is 17.3 Å². The van der Waals surface area contributed by atoms with E-state index in [0.29, 0.717) is 11.8 Å². The molecule has 1 aliphatic rings. The highest BCUT2D eigenvalue weighted by atomic mass is 35.5. The molecule has 0 amide bonds. The molecular weight excluding hydrogens is 398 g/mol. The van der Waals surface area contributed by atoms with Crippen LogP contribution in [0, 0.1) is 0 Å². The zero-order valence-electron chi connectivity index (χ0n) is 17.9. The van der Waals surface area contributed by atoms with E-state index < -0.39 is 19.9 Å². The Kier molecular flexibility index (Phi) is 6.10. The molecule has 6 heteroatoms. The van der Waals surface area contributed by atoms with Gasteiger partial charge in [0.25, 0.3) is 0 Å². The fourth-order valence-electron chi connectivity index (χ4n) is 3.59. The minimum atomic E-state index is -1.99. The smallest absolute Gasteiger partial charge is 0.192 e. The second-order valence-electron chi connectivity index (χ2n) is 9.40. The van der Waals surface area contributed by atoms with Crippen LogP contribution in [0.1, 0.15) is 37.8 Å². The van der Waals surface area contributed by atoms with Crippen molar-refractivity contribution in [1.82, 2.24) is 0 Å². The van der Waals surface area contributed by atoms with Gasteiger partial charge in [-0.15, -0.1) is 0 Å². The third kappa shape index (κ3) is 4.07. The number of halogens is 1. The SMILES string of the molecule is CC(C)(C)[Si](C)(C)OCC(c1ccccc1)C1(N)c2ccccc2N=C(Cl)C1N. The number of aliphatic imine (C=N–C) groups is 1. The Hall–Kier alpha value is -1.50. The van der Waals surface area contributed by atoms with Gasteiger partial charge in [-0.2, -0.15) is 0 Å². The number of benzene rings is 2. The van der Waals surface area contributed by atoms with Gasteiger partial charge in [0.2, 0.25) is 0 Å². The summed E-state index contributed by atoms with van der Waals surface area (Å²) >= 11 is 6.49. The summed E-state index contributed by atoms with van der Waals surface area (Å²) in [5, 5.41) is 0.432. The second-order valence-corrected chi connectivity index (χ2v) is 14.6. The van der Waals surface area contributed by atoms with Crippen molar-refractivity contribution in [3.63, 3.8) is 0 Å². The molecule has 2 aromatic rings. The molecule has 3 unspecified atom stereocenters. The number of fused-ring (bicyclic) bond motifs is 1. The van der Waals surface area contributed by atoms with Crippen LogP contribution in [-0.4, -0.2) is 26.1 Å². The van der Waals surface area contributed by atoms with Gasteiger partial charge in [-0.25, -0.2) is 4.99 Å². The lowest BCUT2D eigenvalue weighted by molar-refractivity contribution is 0.198. The van der Waals surface area contributed by atoms with Crippen LogP contribution in [0.4, 0.5) is 5.69 Å². The van der Waals surface area contributed by atoms with E-state index in [2.05, 4.69) is 51.0 Å². The van der Waals surface area contributed by atoms with Crippen LogP contribution in [0.2, 0.25) is 18.1 Å². The van der Waals surface area contributed by atoms with Gasteiger partial charge in [0, 0.05) is 18.1 Å². The second kappa shape index (κ2) is 7.97. The van der Waals surface area contributed by atoms with Crippen LogP contribution in [-0.2, 0) is 9.96 Å². The van der Waals surface area contributed by atoms with Crippen LogP contribution in [0.25, 0.3) is 0 Å². The molecule has 0 aliphatic carbocycles. The number of para-hydroxylation sites is 1. The van der Waals surface area contributed by atoms with Crippen LogP contribution >= 0.6 is 11.6 Å². The summed E-state index contributed by atoms with van der Waals surface area (Å²) in [4.78, 5) is 4.49. The lowest BCUT2D eigenvalue weighted by Gasteiger charge is -2.46. The van der Waals surface area contributed by atoms with E-state index in [1.807, 2.05) is 42.5 Å². The van der Waals surface area contributed by atoms with Crippen molar-refractivity contribution in [2.24, 2.45) is 16.5 Å². The maximum Gasteiger partial charge on any atom is 0.192 e. The summed E-state index contributed by atoms with van der Waals surface area (Å²) in [6, 6.07) is 17.4. The molecule has 0 aromatic heterocycles. The number of nitrogens with two attached hydrogens (primary N) is 2. The third-order valence-electron chi connectivity index (χ3n) is 6.56. The largest absolute Gasteiger partial charge is 0.416 e. The van der Waals surface area contributed by atoms with Crippen LogP contribution in [0.15, 0.2) is 59.6 Å². The van der Waals surface area contributed by atoms with E-state index in [4.69, 9.17) is 27.5 Å². The molecule has 4 nitrogen and oxygen atoms in total. The highest BCUT2D eigenvalue weighted by Gasteiger charge is 2.49. The first-order chi connectivity index (χ1) is 13.5. The summed E-state index contributed by atoms with van der Waals surface area (Å²) < 4.78 is 6.65. The monoisotopic (exact) mass is 429 g/mol. The molecule has 3 atom stereocenters. The minimum absolute atomic E-state index is 0.0989. The number of hydrogen-bond donors (Lipinski definition) is 2. The van der Waals surface area contributed by atoms with E-state index in [1.165, 1.54) is 0 Å². The van der Waals surface area contributed by atoms with Gasteiger partial charge in [-0.1, -0.05) is 80.9 Å². The lowest BCUT2D eigenvalue weighted by atomic mass is 9.69. The van der Waals surface area contributed by atoms with Gasteiger partial charge in [0.1, 0.15) is 5.17 Å². The van der Waals surface area contributed by atoms with Crippen molar-refractivity contribution >= 4 is 30.8 Å². The zero-order valence-corrected chi connectivity index (χ0v) is 19.7. The Morgan fingerprint density at radius 3 is 2.31 bits per heavy atom. The molecule has 3 rings (SSSR count). The van der Waals surface area contributed by atoms with E-state index in [9.17, 15) is 0 Å². The van der Waals surface area contributed by atoms with Crippen molar-refractivity contribution in [1.29, 1.82) is 0 Å². The maximum absolute atomic E-state index is 7.16. The van der Waals surface area contributed by atoms with Crippen LogP contribution < -0.4 is 11.5 Å². The van der Waals surface area contributed by atoms with Gasteiger partial charge < -0.3 is 15.9 Å². The fraction of sp³-hybridized carbons (Fsp3) is 0.435. The molecular formula is C23H32ClN3OSi. The predicted molar refractivity (Wildman–Crippen MR) is 126 cm³/mol. The normalized spacial score (nSPS) is 23.3. The van der Waals surface area contributed by atoms with Gasteiger partial charge >= 0.3 is 0 Å². The Morgan fingerprint density at radius 1 is 1.10 bits per heavy atom. The Bertz CT molecular complexity index is 894. The van der Waals surface area contributed by atoms with Gasteiger partial charge in [-0.05, 0) is 29.8 Å². The Morgan fingerprint density at radius 2 is 1.69 bits per heavy atom. The Labute approximate surface area is 180 Å². The molecule has 4 N–H and O–H groups in total. The summed E-state index contributed by atoms with van der Waals surface area (Å²) in [6.07, 6.45) is 0. The quantitative estimate of drug-likeness (QED) is 0.637. The third-order valence-corrected chi connectivity index (χ3v) is 11.4. The van der Waals surface area contributed by atoms with Crippen molar-refractivity contribution in [3.8, 4) is 0 Å².